The number of piperidine rings is 1. The van der Waals surface area contributed by atoms with Crippen molar-refractivity contribution in [2.45, 2.75) is 62.8 Å². The van der Waals surface area contributed by atoms with Crippen LogP contribution in [0.5, 0.6) is 5.75 Å². The SMILES string of the molecule is COc1ccc(-c2cccnc2C)cc1-c1ccc(C(F)(F)F)cc1[C@@H]1CCC[C@H]2[C@@H](c3cc(C(F)(F)F)cc(C(F)(F)F)c3)NC(=O)N12. The van der Waals surface area contributed by atoms with Crippen molar-refractivity contribution in [1.82, 2.24) is 15.2 Å². The maximum absolute atomic E-state index is 14.1. The van der Waals surface area contributed by atoms with Gasteiger partial charge in [0.2, 0.25) is 0 Å². The molecule has 2 fully saturated rings. The van der Waals surface area contributed by atoms with E-state index in [0.29, 0.717) is 46.7 Å². The third-order valence-electron chi connectivity index (χ3n) is 9.08. The van der Waals surface area contributed by atoms with Crippen LogP contribution in [0.25, 0.3) is 22.3 Å². The van der Waals surface area contributed by atoms with Gasteiger partial charge in [-0.1, -0.05) is 18.2 Å². The van der Waals surface area contributed by atoms with Crippen molar-refractivity contribution in [2.75, 3.05) is 7.11 Å². The third-order valence-corrected chi connectivity index (χ3v) is 9.08. The van der Waals surface area contributed by atoms with Crippen molar-refractivity contribution in [1.29, 1.82) is 0 Å². The predicted molar refractivity (Wildman–Crippen MR) is 161 cm³/mol. The molecule has 0 saturated carbocycles. The third kappa shape index (κ3) is 6.52. The number of rotatable bonds is 5. The summed E-state index contributed by atoms with van der Waals surface area (Å²) in [6.07, 6.45) is -12.7. The van der Waals surface area contributed by atoms with Crippen molar-refractivity contribution >= 4 is 6.03 Å². The lowest BCUT2D eigenvalue weighted by Gasteiger charge is -2.39. The average Bonchev–Trinajstić information content (AvgIpc) is 3.39. The lowest BCUT2D eigenvalue weighted by molar-refractivity contribution is -0.143. The molecule has 3 aromatic carbocycles. The number of carbonyl (C=O) groups is 1. The molecule has 2 aliphatic rings. The fourth-order valence-corrected chi connectivity index (χ4v) is 6.86. The lowest BCUT2D eigenvalue weighted by Crippen LogP contribution is -2.41. The molecule has 6 rings (SSSR count). The number of carbonyl (C=O) groups excluding carboxylic acids is 1. The Morgan fingerprint density at radius 2 is 1.45 bits per heavy atom. The Morgan fingerprint density at radius 1 is 0.776 bits per heavy atom. The Hall–Kier alpha value is -4.75. The number of alkyl halides is 9. The van der Waals surface area contributed by atoms with E-state index >= 15 is 0 Å². The number of pyridine rings is 1. The van der Waals surface area contributed by atoms with Gasteiger partial charge in [-0.25, -0.2) is 4.79 Å². The van der Waals surface area contributed by atoms with Crippen molar-refractivity contribution in [3.63, 3.8) is 0 Å². The molecule has 0 aliphatic carbocycles. The van der Waals surface area contributed by atoms with Gasteiger partial charge in [-0.3, -0.25) is 4.98 Å². The average molecular weight is 694 g/mol. The van der Waals surface area contributed by atoms with E-state index in [1.54, 1.807) is 37.4 Å². The van der Waals surface area contributed by atoms with E-state index in [-0.39, 0.29) is 24.5 Å². The topological polar surface area (TPSA) is 54.5 Å². The predicted octanol–water partition coefficient (Wildman–Crippen LogP) is 10.1. The maximum atomic E-state index is 14.1. The van der Waals surface area contributed by atoms with Gasteiger partial charge in [-0.2, -0.15) is 39.5 Å². The smallest absolute Gasteiger partial charge is 0.416 e. The summed E-state index contributed by atoms with van der Waals surface area (Å²) in [7, 11) is 1.40. The number of fused-ring (bicyclic) bond motifs is 1. The van der Waals surface area contributed by atoms with Gasteiger partial charge in [0.15, 0.2) is 0 Å². The number of nitrogens with zero attached hydrogens (tertiary/aromatic N) is 2. The van der Waals surface area contributed by atoms with Crippen LogP contribution in [0.15, 0.2) is 72.9 Å². The Morgan fingerprint density at radius 3 is 2.06 bits per heavy atom. The van der Waals surface area contributed by atoms with Gasteiger partial charge in [-0.15, -0.1) is 0 Å². The molecule has 0 spiro atoms. The molecule has 1 aromatic heterocycles. The van der Waals surface area contributed by atoms with E-state index in [1.807, 2.05) is 6.07 Å². The molecule has 258 valence electrons. The number of aryl methyl sites for hydroxylation is 1. The van der Waals surface area contributed by atoms with E-state index < -0.39 is 64.9 Å². The molecule has 14 heteroatoms. The van der Waals surface area contributed by atoms with E-state index in [0.717, 1.165) is 17.7 Å². The molecule has 3 heterocycles. The second-order valence-corrected chi connectivity index (χ2v) is 12.0. The van der Waals surface area contributed by atoms with Crippen LogP contribution < -0.4 is 10.1 Å². The van der Waals surface area contributed by atoms with Gasteiger partial charge < -0.3 is 15.0 Å². The highest BCUT2D eigenvalue weighted by atomic mass is 19.4. The van der Waals surface area contributed by atoms with Crippen molar-refractivity contribution in [2.24, 2.45) is 0 Å². The highest BCUT2D eigenvalue weighted by molar-refractivity contribution is 5.83. The van der Waals surface area contributed by atoms with Crippen LogP contribution in [-0.4, -0.2) is 29.1 Å². The van der Waals surface area contributed by atoms with Crippen LogP contribution in [0.3, 0.4) is 0 Å². The standard InChI is InChI=1S/C35H28F9N3O2/c1-18-24(5-4-12-45-18)19-8-11-30(49-2)27(15-19)25-10-9-21(33(36,37)38)17-26(25)28-6-3-7-29-31(46-32(48)47(28)29)20-13-22(34(39,40)41)16-23(14-20)35(42,43)44/h4-5,8-17,28-29,31H,3,6-7H2,1-2H3,(H,46,48)/t28-,29-,31+/m0/s1. The molecule has 49 heavy (non-hydrogen) atoms. The van der Waals surface area contributed by atoms with Gasteiger partial charge in [0.1, 0.15) is 5.75 Å². The highest BCUT2D eigenvalue weighted by Crippen LogP contribution is 2.49. The van der Waals surface area contributed by atoms with Crippen molar-refractivity contribution in [3.8, 4) is 28.0 Å². The maximum Gasteiger partial charge on any atom is 0.416 e. The van der Waals surface area contributed by atoms with Crippen LogP contribution in [0.4, 0.5) is 44.3 Å². The number of ether oxygens (including phenoxy) is 1. The number of nitrogens with one attached hydrogen (secondary N) is 1. The second kappa shape index (κ2) is 12.3. The summed E-state index contributed by atoms with van der Waals surface area (Å²) >= 11 is 0. The summed E-state index contributed by atoms with van der Waals surface area (Å²) < 4.78 is 130. The first-order valence-corrected chi connectivity index (χ1v) is 15.2. The molecule has 2 saturated heterocycles. The Kier molecular flexibility index (Phi) is 8.56. The van der Waals surface area contributed by atoms with Crippen LogP contribution in [-0.2, 0) is 18.5 Å². The number of benzene rings is 3. The first-order valence-electron chi connectivity index (χ1n) is 15.2. The molecule has 3 atom stereocenters. The highest BCUT2D eigenvalue weighted by Gasteiger charge is 2.48. The summed E-state index contributed by atoms with van der Waals surface area (Å²) in [6.45, 7) is 1.80. The van der Waals surface area contributed by atoms with Gasteiger partial charge >= 0.3 is 24.6 Å². The summed E-state index contributed by atoms with van der Waals surface area (Å²) in [5.74, 6) is 0.325. The monoisotopic (exact) mass is 693 g/mol. The molecule has 2 amide bonds. The summed E-state index contributed by atoms with van der Waals surface area (Å²) in [5.41, 5.74) is -1.48. The summed E-state index contributed by atoms with van der Waals surface area (Å²) in [5, 5.41) is 2.53. The molecule has 2 aliphatic heterocycles. The Balaban J connectivity index is 1.49. The molecule has 0 radical (unpaired) electrons. The number of hydrogen-bond acceptors (Lipinski definition) is 3. The zero-order valence-electron chi connectivity index (χ0n) is 25.9. The summed E-state index contributed by atoms with van der Waals surface area (Å²) in [6, 6.07) is 8.95. The summed E-state index contributed by atoms with van der Waals surface area (Å²) in [4.78, 5) is 19.2. The minimum Gasteiger partial charge on any atom is -0.496 e. The van der Waals surface area contributed by atoms with Gasteiger partial charge in [0.05, 0.1) is 41.9 Å². The number of hydrogen-bond donors (Lipinski definition) is 1. The van der Waals surface area contributed by atoms with Crippen LogP contribution >= 0.6 is 0 Å². The zero-order valence-corrected chi connectivity index (χ0v) is 25.9. The number of halogens is 9. The fourth-order valence-electron chi connectivity index (χ4n) is 6.86. The van der Waals surface area contributed by atoms with E-state index in [2.05, 4.69) is 10.3 Å². The molecule has 1 N–H and O–H groups in total. The minimum atomic E-state index is -5.11. The van der Waals surface area contributed by atoms with Gasteiger partial charge in [0.25, 0.3) is 0 Å². The second-order valence-electron chi connectivity index (χ2n) is 12.0. The molecular weight excluding hydrogens is 665 g/mol. The number of amides is 2. The van der Waals surface area contributed by atoms with Crippen LogP contribution in [0.1, 0.15) is 64.9 Å². The molecule has 5 nitrogen and oxygen atoms in total. The van der Waals surface area contributed by atoms with Crippen LogP contribution in [0, 0.1) is 6.92 Å². The molecule has 4 aromatic rings. The van der Waals surface area contributed by atoms with Gasteiger partial charge in [-0.05, 0) is 97.0 Å². The first kappa shape index (κ1) is 34.1. The number of urea groups is 1. The van der Waals surface area contributed by atoms with E-state index in [1.165, 1.54) is 18.1 Å². The van der Waals surface area contributed by atoms with Crippen molar-refractivity contribution < 1.29 is 49.0 Å². The Labute approximate surface area is 274 Å². The quantitative estimate of drug-likeness (QED) is 0.212. The Bertz CT molecular complexity index is 1870. The minimum absolute atomic E-state index is 0.00509. The molecule has 0 bridgehead atoms. The van der Waals surface area contributed by atoms with Gasteiger partial charge in [0, 0.05) is 23.0 Å². The number of aromatic nitrogens is 1. The molecular formula is C35H28F9N3O2. The molecule has 0 unspecified atom stereocenters. The van der Waals surface area contributed by atoms with E-state index in [4.69, 9.17) is 4.74 Å². The lowest BCUT2D eigenvalue weighted by atomic mass is 9.83. The largest absolute Gasteiger partial charge is 0.496 e. The van der Waals surface area contributed by atoms with Crippen molar-refractivity contribution in [3.05, 3.63) is 106 Å². The fraction of sp³-hybridized carbons (Fsp3) is 0.314. The normalized spacial score (nSPS) is 19.9. The van der Waals surface area contributed by atoms with E-state index in [9.17, 15) is 44.3 Å². The number of methoxy groups -OCH3 is 1. The van der Waals surface area contributed by atoms with Crippen LogP contribution in [0.2, 0.25) is 0 Å². The first-order chi connectivity index (χ1) is 23.0. The zero-order chi connectivity index (χ0) is 35.5.